The van der Waals surface area contributed by atoms with Gasteiger partial charge in [0, 0.05) is 18.5 Å². The van der Waals surface area contributed by atoms with Crippen LogP contribution in [0.25, 0.3) is 0 Å². The third-order valence-electron chi connectivity index (χ3n) is 4.08. The highest BCUT2D eigenvalue weighted by atomic mass is 16.5. The van der Waals surface area contributed by atoms with E-state index >= 15 is 0 Å². The average molecular weight is 298 g/mol. The van der Waals surface area contributed by atoms with Gasteiger partial charge in [0.25, 0.3) is 0 Å². The van der Waals surface area contributed by atoms with Gasteiger partial charge >= 0.3 is 12.1 Å². The lowest BCUT2D eigenvalue weighted by atomic mass is 9.78. The number of nitrogens with one attached hydrogen (secondary N) is 1. The summed E-state index contributed by atoms with van der Waals surface area (Å²) in [4.78, 5) is 35.8. The minimum atomic E-state index is -1.24. The molecule has 0 aromatic carbocycles. The van der Waals surface area contributed by atoms with Crippen LogP contribution in [0, 0.1) is 11.8 Å². The standard InChI is InChI=1S/C13H18N2O6/c1-5-7(4-21-13(20)14-3)10(12(18)19)15-9(5)8(6(2)16)11(15)17/h5-6,8-9,16H,4H2,1-3H3,(H,14,20)(H,18,19)/t5-,6+,8+,9+/m0/s1. The quantitative estimate of drug-likeness (QED) is 0.605. The van der Waals surface area contributed by atoms with Crippen molar-refractivity contribution < 1.29 is 29.3 Å². The number of hydrogen-bond donors (Lipinski definition) is 3. The number of β-lactam (4-membered cyclic amide) rings is 1. The second-order valence-electron chi connectivity index (χ2n) is 5.26. The van der Waals surface area contributed by atoms with Gasteiger partial charge in [-0.15, -0.1) is 0 Å². The first kappa shape index (κ1) is 15.3. The van der Waals surface area contributed by atoms with Crippen molar-refractivity contribution in [3.8, 4) is 0 Å². The van der Waals surface area contributed by atoms with Gasteiger partial charge in [-0.25, -0.2) is 9.59 Å². The van der Waals surface area contributed by atoms with E-state index in [1.54, 1.807) is 6.92 Å². The first-order valence-corrected chi connectivity index (χ1v) is 6.63. The maximum Gasteiger partial charge on any atom is 0.407 e. The molecule has 2 aliphatic heterocycles. The van der Waals surface area contributed by atoms with Gasteiger partial charge in [-0.05, 0) is 6.92 Å². The summed E-state index contributed by atoms with van der Waals surface area (Å²) < 4.78 is 4.91. The number of alkyl carbamates (subject to hydrolysis) is 1. The third-order valence-corrected chi connectivity index (χ3v) is 4.08. The number of fused-ring (bicyclic) bond motifs is 1. The van der Waals surface area contributed by atoms with Gasteiger partial charge in [-0.2, -0.15) is 0 Å². The molecular formula is C13H18N2O6. The molecule has 0 aromatic heterocycles. The van der Waals surface area contributed by atoms with Crippen LogP contribution in [0.3, 0.4) is 0 Å². The molecule has 0 saturated carbocycles. The van der Waals surface area contributed by atoms with Crippen LogP contribution in [-0.2, 0) is 14.3 Å². The maximum atomic E-state index is 12.0. The van der Waals surface area contributed by atoms with Crippen LogP contribution in [0.4, 0.5) is 4.79 Å². The number of ether oxygens (including phenoxy) is 1. The summed E-state index contributed by atoms with van der Waals surface area (Å²) in [5, 5.41) is 21.3. The molecule has 1 fully saturated rings. The Morgan fingerprint density at radius 1 is 1.48 bits per heavy atom. The molecule has 1 saturated heterocycles. The fourth-order valence-electron chi connectivity index (χ4n) is 3.05. The molecule has 0 radical (unpaired) electrons. The summed E-state index contributed by atoms with van der Waals surface area (Å²) >= 11 is 0. The fraction of sp³-hybridized carbons (Fsp3) is 0.615. The van der Waals surface area contributed by atoms with Gasteiger partial charge in [0.1, 0.15) is 12.3 Å². The number of aliphatic hydroxyl groups excluding tert-OH is 1. The predicted molar refractivity (Wildman–Crippen MR) is 70.0 cm³/mol. The SMILES string of the molecule is CNC(=O)OCC1=C(C(=O)O)N2C(=O)[C@H]([C@@H](C)O)[C@H]2[C@H]1C. The summed E-state index contributed by atoms with van der Waals surface area (Å²) in [6.07, 6.45) is -1.53. The molecular weight excluding hydrogens is 280 g/mol. The first-order chi connectivity index (χ1) is 9.81. The number of rotatable bonds is 4. The topological polar surface area (TPSA) is 116 Å². The summed E-state index contributed by atoms with van der Waals surface area (Å²) in [6.45, 7) is 3.07. The van der Waals surface area contributed by atoms with Gasteiger partial charge in [0.15, 0.2) is 0 Å². The molecule has 0 spiro atoms. The van der Waals surface area contributed by atoms with Gasteiger partial charge in [0.2, 0.25) is 5.91 Å². The third kappa shape index (κ3) is 2.25. The van der Waals surface area contributed by atoms with Gasteiger partial charge in [0.05, 0.1) is 18.1 Å². The van der Waals surface area contributed by atoms with Crippen molar-refractivity contribution in [3.05, 3.63) is 11.3 Å². The van der Waals surface area contributed by atoms with Gasteiger partial charge in [-0.1, -0.05) is 6.92 Å². The van der Waals surface area contributed by atoms with Crippen LogP contribution in [-0.4, -0.2) is 58.9 Å². The second kappa shape index (κ2) is 5.36. The second-order valence-corrected chi connectivity index (χ2v) is 5.26. The molecule has 0 aromatic rings. The van der Waals surface area contributed by atoms with Crippen molar-refractivity contribution in [3.63, 3.8) is 0 Å². The lowest BCUT2D eigenvalue weighted by Gasteiger charge is -2.46. The van der Waals surface area contributed by atoms with Gasteiger partial charge < -0.3 is 25.2 Å². The van der Waals surface area contributed by atoms with Crippen molar-refractivity contribution >= 4 is 18.0 Å². The molecule has 21 heavy (non-hydrogen) atoms. The van der Waals surface area contributed by atoms with Crippen LogP contribution in [0.15, 0.2) is 11.3 Å². The Balaban J connectivity index is 2.28. The van der Waals surface area contributed by atoms with Crippen LogP contribution in [0.2, 0.25) is 0 Å². The lowest BCUT2D eigenvalue weighted by molar-refractivity contribution is -0.163. The van der Waals surface area contributed by atoms with Crippen molar-refractivity contribution in [1.82, 2.24) is 10.2 Å². The van der Waals surface area contributed by atoms with Crippen molar-refractivity contribution in [2.24, 2.45) is 11.8 Å². The number of amides is 2. The van der Waals surface area contributed by atoms with E-state index in [2.05, 4.69) is 5.32 Å². The maximum absolute atomic E-state index is 12.0. The Kier molecular flexibility index (Phi) is 3.91. The summed E-state index contributed by atoms with van der Waals surface area (Å²) in [7, 11) is 1.40. The Labute approximate surface area is 121 Å². The van der Waals surface area contributed by atoms with Crippen molar-refractivity contribution in [1.29, 1.82) is 0 Å². The van der Waals surface area contributed by atoms with Crippen LogP contribution in [0.1, 0.15) is 13.8 Å². The molecule has 2 aliphatic rings. The van der Waals surface area contributed by atoms with E-state index in [1.807, 2.05) is 0 Å². The highest BCUT2D eigenvalue weighted by Crippen LogP contribution is 2.47. The van der Waals surface area contributed by atoms with E-state index in [4.69, 9.17) is 4.74 Å². The minimum Gasteiger partial charge on any atom is -0.477 e. The first-order valence-electron chi connectivity index (χ1n) is 6.63. The van der Waals surface area contributed by atoms with Crippen molar-refractivity contribution in [2.45, 2.75) is 26.0 Å². The van der Waals surface area contributed by atoms with Crippen LogP contribution in [0.5, 0.6) is 0 Å². The predicted octanol–water partition coefficient (Wildman–Crippen LogP) is -0.461. The smallest absolute Gasteiger partial charge is 0.407 e. The average Bonchev–Trinajstić information content (AvgIpc) is 2.65. The fourth-order valence-corrected chi connectivity index (χ4v) is 3.05. The van der Waals surface area contributed by atoms with E-state index in [1.165, 1.54) is 18.9 Å². The number of carbonyl (C=O) groups excluding carboxylic acids is 2. The minimum absolute atomic E-state index is 0.140. The highest BCUT2D eigenvalue weighted by molar-refractivity contribution is 6.00. The van der Waals surface area contributed by atoms with E-state index in [9.17, 15) is 24.6 Å². The largest absolute Gasteiger partial charge is 0.477 e. The van der Waals surface area contributed by atoms with E-state index in [0.29, 0.717) is 5.57 Å². The number of hydrogen-bond acceptors (Lipinski definition) is 5. The van der Waals surface area contributed by atoms with Crippen LogP contribution < -0.4 is 5.32 Å². The number of aliphatic carboxylic acids is 1. The molecule has 116 valence electrons. The lowest BCUT2D eigenvalue weighted by Crippen LogP contribution is -2.63. The van der Waals surface area contributed by atoms with E-state index in [0.717, 1.165) is 0 Å². The monoisotopic (exact) mass is 298 g/mol. The molecule has 8 heteroatoms. The van der Waals surface area contributed by atoms with E-state index in [-0.39, 0.29) is 18.2 Å². The molecule has 0 bridgehead atoms. The summed E-state index contributed by atoms with van der Waals surface area (Å²) in [5.41, 5.74) is 0.242. The van der Waals surface area contributed by atoms with Crippen LogP contribution >= 0.6 is 0 Å². The molecule has 4 atom stereocenters. The Hall–Kier alpha value is -2.09. The number of carboxylic acids is 1. The summed E-state index contributed by atoms with van der Waals surface area (Å²) in [6, 6.07) is -0.396. The molecule has 2 amide bonds. The zero-order valence-electron chi connectivity index (χ0n) is 12.0. The van der Waals surface area contributed by atoms with E-state index < -0.39 is 36.0 Å². The number of nitrogens with zero attached hydrogens (tertiary/aromatic N) is 1. The number of carboxylic acid groups (broad SMARTS) is 1. The highest BCUT2D eigenvalue weighted by Gasteiger charge is 2.59. The molecule has 2 heterocycles. The van der Waals surface area contributed by atoms with Crippen molar-refractivity contribution in [2.75, 3.05) is 13.7 Å². The molecule has 0 unspecified atom stereocenters. The normalized spacial score (nSPS) is 28.9. The summed E-state index contributed by atoms with van der Waals surface area (Å²) in [5.74, 6) is -2.56. The molecule has 8 nitrogen and oxygen atoms in total. The van der Waals surface area contributed by atoms with Gasteiger partial charge in [-0.3, -0.25) is 4.79 Å². The zero-order chi connectivity index (χ0) is 15.9. The Morgan fingerprint density at radius 2 is 2.10 bits per heavy atom. The Bertz CT molecular complexity index is 527. The molecule has 0 aliphatic carbocycles. The number of carbonyl (C=O) groups is 3. The Morgan fingerprint density at radius 3 is 2.57 bits per heavy atom. The zero-order valence-corrected chi connectivity index (χ0v) is 12.0. The molecule has 3 N–H and O–H groups in total. The molecule has 2 rings (SSSR count). The number of aliphatic hydroxyl groups is 1.